The summed E-state index contributed by atoms with van der Waals surface area (Å²) in [4.78, 5) is 13.1. The van der Waals surface area contributed by atoms with Crippen LogP contribution in [0, 0.1) is 0 Å². The fraction of sp³-hybridized carbons (Fsp3) is 0.381. The molecule has 0 aliphatic heterocycles. The Morgan fingerprint density at radius 2 is 1.84 bits per heavy atom. The summed E-state index contributed by atoms with van der Waals surface area (Å²) in [7, 11) is 0. The highest BCUT2D eigenvalue weighted by Gasteiger charge is 2.12. The summed E-state index contributed by atoms with van der Waals surface area (Å²) in [6.45, 7) is 7.11. The largest absolute Gasteiger partial charge is 0.494 e. The van der Waals surface area contributed by atoms with E-state index in [1.807, 2.05) is 42.7 Å². The molecule has 1 amide bonds. The Hall–Kier alpha value is -1.94. The van der Waals surface area contributed by atoms with Crippen LogP contribution in [0.5, 0.6) is 5.75 Å². The van der Waals surface area contributed by atoms with Crippen molar-refractivity contribution in [3.05, 3.63) is 54.1 Å². The predicted molar refractivity (Wildman–Crippen MR) is 107 cm³/mol. The number of hydrogen-bond donors (Lipinski definition) is 1. The third-order valence-electron chi connectivity index (χ3n) is 3.89. The van der Waals surface area contributed by atoms with E-state index in [1.54, 1.807) is 11.8 Å². The Morgan fingerprint density at radius 1 is 1.12 bits per heavy atom. The smallest absolute Gasteiger partial charge is 0.224 e. The Morgan fingerprint density at radius 3 is 2.48 bits per heavy atom. The Balaban J connectivity index is 1.72. The van der Waals surface area contributed by atoms with Gasteiger partial charge in [-0.05, 0) is 54.0 Å². The first-order chi connectivity index (χ1) is 11.9. The first-order valence-electron chi connectivity index (χ1n) is 8.56. The van der Waals surface area contributed by atoms with Crippen LogP contribution in [0.2, 0.25) is 0 Å². The van der Waals surface area contributed by atoms with E-state index >= 15 is 0 Å². The van der Waals surface area contributed by atoms with Gasteiger partial charge in [-0.25, -0.2) is 0 Å². The number of ether oxygens (including phenoxy) is 1. The van der Waals surface area contributed by atoms with Crippen LogP contribution in [0.3, 0.4) is 0 Å². The molecule has 2 aromatic carbocycles. The Kier molecular flexibility index (Phi) is 6.94. The van der Waals surface area contributed by atoms with Gasteiger partial charge in [-0.1, -0.05) is 39.0 Å². The molecule has 0 aliphatic rings. The highest BCUT2D eigenvalue weighted by Crippen LogP contribution is 2.24. The van der Waals surface area contributed by atoms with Crippen LogP contribution >= 0.6 is 11.8 Å². The fourth-order valence-corrected chi connectivity index (χ4v) is 2.86. The second-order valence-electron chi connectivity index (χ2n) is 7.01. The van der Waals surface area contributed by atoms with Gasteiger partial charge in [0.05, 0.1) is 6.61 Å². The molecule has 4 heteroatoms. The molecule has 0 heterocycles. The summed E-state index contributed by atoms with van der Waals surface area (Å²) >= 11 is 1.66. The first kappa shape index (κ1) is 19.4. The van der Waals surface area contributed by atoms with E-state index in [2.05, 4.69) is 38.2 Å². The number of rotatable bonds is 7. The van der Waals surface area contributed by atoms with E-state index in [0.717, 1.165) is 16.3 Å². The van der Waals surface area contributed by atoms with E-state index in [0.29, 0.717) is 19.4 Å². The summed E-state index contributed by atoms with van der Waals surface area (Å²) in [5.41, 5.74) is 2.27. The second kappa shape index (κ2) is 8.95. The lowest BCUT2D eigenvalue weighted by atomic mass is 9.87. The van der Waals surface area contributed by atoms with E-state index in [4.69, 9.17) is 4.74 Å². The van der Waals surface area contributed by atoms with Gasteiger partial charge in [0.2, 0.25) is 5.91 Å². The number of carbonyl (C=O) groups is 1. The summed E-state index contributed by atoms with van der Waals surface area (Å²) in [6, 6.07) is 16.1. The molecule has 3 nitrogen and oxygen atoms in total. The normalized spacial score (nSPS) is 11.2. The molecular weight excluding hydrogens is 330 g/mol. The molecule has 0 saturated carbocycles. The molecule has 2 aromatic rings. The lowest BCUT2D eigenvalue weighted by Crippen LogP contribution is -2.13. The quantitative estimate of drug-likeness (QED) is 0.525. The van der Waals surface area contributed by atoms with Gasteiger partial charge in [0.15, 0.2) is 0 Å². The van der Waals surface area contributed by atoms with Gasteiger partial charge in [-0.3, -0.25) is 4.79 Å². The number of hydrogen-bond acceptors (Lipinski definition) is 3. The van der Waals surface area contributed by atoms with Crippen molar-refractivity contribution in [2.75, 3.05) is 18.2 Å². The van der Waals surface area contributed by atoms with Crippen molar-refractivity contribution in [1.29, 1.82) is 0 Å². The summed E-state index contributed by atoms with van der Waals surface area (Å²) in [5, 5.41) is 2.93. The number of thioether (sulfide) groups is 1. The van der Waals surface area contributed by atoms with Crippen LogP contribution < -0.4 is 10.1 Å². The minimum atomic E-state index is 0.0185. The third-order valence-corrected chi connectivity index (χ3v) is 4.62. The van der Waals surface area contributed by atoms with Crippen molar-refractivity contribution in [3.8, 4) is 5.75 Å². The van der Waals surface area contributed by atoms with Crippen molar-refractivity contribution in [2.24, 2.45) is 0 Å². The van der Waals surface area contributed by atoms with E-state index < -0.39 is 0 Å². The average molecular weight is 358 g/mol. The zero-order valence-corrected chi connectivity index (χ0v) is 16.3. The Labute approximate surface area is 155 Å². The van der Waals surface area contributed by atoms with Gasteiger partial charge in [0.25, 0.3) is 0 Å². The molecule has 0 radical (unpaired) electrons. The number of benzene rings is 2. The maximum Gasteiger partial charge on any atom is 0.224 e. The monoisotopic (exact) mass is 357 g/mol. The zero-order valence-electron chi connectivity index (χ0n) is 15.5. The van der Waals surface area contributed by atoms with Crippen LogP contribution in [-0.4, -0.2) is 18.8 Å². The molecule has 0 aromatic heterocycles. The topological polar surface area (TPSA) is 38.3 Å². The molecule has 0 fully saturated rings. The molecule has 134 valence electrons. The molecule has 0 spiro atoms. The van der Waals surface area contributed by atoms with Gasteiger partial charge in [0, 0.05) is 17.0 Å². The van der Waals surface area contributed by atoms with Crippen molar-refractivity contribution in [2.45, 2.75) is 43.9 Å². The second-order valence-corrected chi connectivity index (χ2v) is 7.89. The molecule has 0 aliphatic carbocycles. The number of nitrogens with one attached hydrogen (secondary N) is 1. The summed E-state index contributed by atoms with van der Waals surface area (Å²) in [5.74, 6) is 0.867. The van der Waals surface area contributed by atoms with Gasteiger partial charge in [0.1, 0.15) is 5.75 Å². The molecule has 0 saturated heterocycles. The van der Waals surface area contributed by atoms with Crippen LogP contribution in [-0.2, 0) is 10.2 Å². The average Bonchev–Trinajstić information content (AvgIpc) is 2.58. The number of carbonyl (C=O) groups excluding carboxylic acids is 1. The molecule has 1 N–H and O–H groups in total. The van der Waals surface area contributed by atoms with E-state index in [-0.39, 0.29) is 11.3 Å². The lowest BCUT2D eigenvalue weighted by Gasteiger charge is -2.19. The van der Waals surface area contributed by atoms with Crippen LogP contribution in [0.1, 0.15) is 39.2 Å². The minimum Gasteiger partial charge on any atom is -0.494 e. The van der Waals surface area contributed by atoms with Gasteiger partial charge < -0.3 is 10.1 Å². The molecule has 2 rings (SSSR count). The number of anilines is 1. The van der Waals surface area contributed by atoms with Crippen molar-refractivity contribution in [1.82, 2.24) is 0 Å². The van der Waals surface area contributed by atoms with Gasteiger partial charge in [-0.15, -0.1) is 11.8 Å². The maximum absolute atomic E-state index is 12.0. The Bertz CT molecular complexity index is 690. The first-order valence-corrected chi connectivity index (χ1v) is 9.78. The molecule has 0 bridgehead atoms. The van der Waals surface area contributed by atoms with E-state index in [1.165, 1.54) is 5.56 Å². The van der Waals surface area contributed by atoms with Crippen molar-refractivity contribution in [3.63, 3.8) is 0 Å². The van der Waals surface area contributed by atoms with Crippen LogP contribution in [0.25, 0.3) is 0 Å². The van der Waals surface area contributed by atoms with Crippen molar-refractivity contribution < 1.29 is 9.53 Å². The standard InChI is InChI=1S/C21H27NO2S/c1-21(2,3)16-10-12-18(13-11-16)24-14-6-9-20(23)22-17-7-5-8-19(15-17)25-4/h5,7-8,10-13,15H,6,9,14H2,1-4H3,(H,22,23). The molecule has 0 atom stereocenters. The highest BCUT2D eigenvalue weighted by molar-refractivity contribution is 7.98. The zero-order chi connectivity index (χ0) is 18.3. The minimum absolute atomic E-state index is 0.0185. The summed E-state index contributed by atoms with van der Waals surface area (Å²) < 4.78 is 5.73. The van der Waals surface area contributed by atoms with Crippen molar-refractivity contribution >= 4 is 23.4 Å². The molecule has 0 unspecified atom stereocenters. The fourth-order valence-electron chi connectivity index (χ4n) is 2.40. The predicted octanol–water partition coefficient (Wildman–Crippen LogP) is 5.50. The third kappa shape index (κ3) is 6.46. The summed E-state index contributed by atoms with van der Waals surface area (Å²) in [6.07, 6.45) is 3.16. The molecule has 25 heavy (non-hydrogen) atoms. The molecular formula is C21H27NO2S. The lowest BCUT2D eigenvalue weighted by molar-refractivity contribution is -0.116. The SMILES string of the molecule is CSc1cccc(NC(=O)CCCOc2ccc(C(C)(C)C)cc2)c1. The maximum atomic E-state index is 12.0. The van der Waals surface area contributed by atoms with Gasteiger partial charge in [-0.2, -0.15) is 0 Å². The highest BCUT2D eigenvalue weighted by atomic mass is 32.2. The van der Waals surface area contributed by atoms with Gasteiger partial charge >= 0.3 is 0 Å². The van der Waals surface area contributed by atoms with Crippen LogP contribution in [0.4, 0.5) is 5.69 Å². The van der Waals surface area contributed by atoms with E-state index in [9.17, 15) is 4.79 Å². The van der Waals surface area contributed by atoms with Crippen LogP contribution in [0.15, 0.2) is 53.4 Å². The number of amides is 1.